The Hall–Kier alpha value is -1.77. The molecule has 0 fully saturated rings. The Morgan fingerprint density at radius 1 is 1.31 bits per heavy atom. The maximum Gasteiger partial charge on any atom is 0.407 e. The molecule has 0 aliphatic carbocycles. The summed E-state index contributed by atoms with van der Waals surface area (Å²) >= 11 is 0. The van der Waals surface area contributed by atoms with Gasteiger partial charge in [0, 0.05) is 12.6 Å². The van der Waals surface area contributed by atoms with E-state index in [9.17, 15) is 4.79 Å². The molecular weight excluding hydrogens is 202 g/mol. The summed E-state index contributed by atoms with van der Waals surface area (Å²) in [6.45, 7) is 0.507. The molecule has 1 atom stereocenters. The fraction of sp³-hybridized carbons (Fsp3) is 0.308. The second kappa shape index (κ2) is 4.84. The van der Waals surface area contributed by atoms with Crippen molar-refractivity contribution in [1.29, 1.82) is 0 Å². The van der Waals surface area contributed by atoms with E-state index in [1.165, 1.54) is 10.5 Å². The van der Waals surface area contributed by atoms with Gasteiger partial charge < -0.3 is 10.0 Å². The topological polar surface area (TPSA) is 40.5 Å². The molecule has 16 heavy (non-hydrogen) atoms. The van der Waals surface area contributed by atoms with Crippen LogP contribution >= 0.6 is 0 Å². The van der Waals surface area contributed by atoms with Gasteiger partial charge >= 0.3 is 6.09 Å². The average Bonchev–Trinajstić information content (AvgIpc) is 2.31. The summed E-state index contributed by atoms with van der Waals surface area (Å²) in [5, 5.41) is 9.08. The van der Waals surface area contributed by atoms with Gasteiger partial charge in [0.1, 0.15) is 0 Å². The number of benzene rings is 1. The van der Waals surface area contributed by atoms with E-state index in [2.05, 4.69) is 6.08 Å². The van der Waals surface area contributed by atoms with Gasteiger partial charge in [-0.05, 0) is 18.4 Å². The minimum Gasteiger partial charge on any atom is -0.465 e. The van der Waals surface area contributed by atoms with E-state index in [1.807, 2.05) is 36.4 Å². The number of carboxylic acid groups (broad SMARTS) is 1. The summed E-state index contributed by atoms with van der Waals surface area (Å²) in [6.07, 6.45) is 4.74. The van der Waals surface area contributed by atoms with Crippen LogP contribution in [0.1, 0.15) is 12.0 Å². The molecule has 0 aromatic heterocycles. The molecular formula is C13H15NO2. The normalized spacial score (nSPS) is 19.8. The lowest BCUT2D eigenvalue weighted by molar-refractivity contribution is 0.128. The molecule has 3 nitrogen and oxygen atoms in total. The average molecular weight is 217 g/mol. The molecule has 0 saturated carbocycles. The molecule has 1 aliphatic heterocycles. The Morgan fingerprint density at radius 3 is 2.75 bits per heavy atom. The molecule has 0 radical (unpaired) electrons. The number of carbonyl (C=O) groups is 1. The van der Waals surface area contributed by atoms with Crippen molar-refractivity contribution in [3.8, 4) is 0 Å². The first-order valence-corrected chi connectivity index (χ1v) is 5.46. The van der Waals surface area contributed by atoms with Crippen LogP contribution in [0.15, 0.2) is 42.5 Å². The molecule has 1 unspecified atom stereocenters. The minimum atomic E-state index is -0.828. The van der Waals surface area contributed by atoms with Crippen molar-refractivity contribution in [3.63, 3.8) is 0 Å². The first kappa shape index (κ1) is 10.7. The molecule has 0 saturated heterocycles. The van der Waals surface area contributed by atoms with E-state index in [0.29, 0.717) is 6.54 Å². The number of amides is 1. The highest BCUT2D eigenvalue weighted by Crippen LogP contribution is 2.16. The Labute approximate surface area is 95.0 Å². The first-order chi connectivity index (χ1) is 7.77. The Bertz CT molecular complexity index is 386. The maximum atomic E-state index is 11.0. The number of hydrogen-bond donors (Lipinski definition) is 1. The summed E-state index contributed by atoms with van der Waals surface area (Å²) in [6, 6.07) is 10.1. The van der Waals surface area contributed by atoms with E-state index < -0.39 is 6.09 Å². The Kier molecular flexibility index (Phi) is 3.25. The molecule has 3 heteroatoms. The summed E-state index contributed by atoms with van der Waals surface area (Å²) in [4.78, 5) is 12.6. The highest BCUT2D eigenvalue weighted by Gasteiger charge is 2.23. The summed E-state index contributed by atoms with van der Waals surface area (Å²) in [5.74, 6) is 0. The van der Waals surface area contributed by atoms with Crippen molar-refractivity contribution < 1.29 is 9.90 Å². The smallest absolute Gasteiger partial charge is 0.407 e. The van der Waals surface area contributed by atoms with E-state index in [0.717, 1.165) is 12.8 Å². The lowest BCUT2D eigenvalue weighted by atomic mass is 10.00. The molecule has 1 aliphatic rings. The highest BCUT2D eigenvalue weighted by atomic mass is 16.4. The van der Waals surface area contributed by atoms with Crippen molar-refractivity contribution in [2.75, 3.05) is 6.54 Å². The molecule has 1 N–H and O–H groups in total. The van der Waals surface area contributed by atoms with Crippen LogP contribution in [0, 0.1) is 0 Å². The van der Waals surface area contributed by atoms with Gasteiger partial charge in [0.25, 0.3) is 0 Å². The van der Waals surface area contributed by atoms with Crippen molar-refractivity contribution in [3.05, 3.63) is 48.0 Å². The lowest BCUT2D eigenvalue weighted by Gasteiger charge is -2.30. The van der Waals surface area contributed by atoms with Gasteiger partial charge in [-0.25, -0.2) is 4.79 Å². The van der Waals surface area contributed by atoms with Crippen LogP contribution in [0.3, 0.4) is 0 Å². The molecule has 0 spiro atoms. The summed E-state index contributed by atoms with van der Waals surface area (Å²) in [5.41, 5.74) is 1.19. The van der Waals surface area contributed by atoms with Crippen LogP contribution in [0.4, 0.5) is 4.79 Å². The summed E-state index contributed by atoms with van der Waals surface area (Å²) < 4.78 is 0. The predicted molar refractivity (Wildman–Crippen MR) is 62.4 cm³/mol. The molecule has 1 aromatic carbocycles. The largest absolute Gasteiger partial charge is 0.465 e. The lowest BCUT2D eigenvalue weighted by Crippen LogP contribution is -2.42. The summed E-state index contributed by atoms with van der Waals surface area (Å²) in [7, 11) is 0. The fourth-order valence-corrected chi connectivity index (χ4v) is 2.03. The first-order valence-electron chi connectivity index (χ1n) is 5.46. The Balaban J connectivity index is 2.08. The molecule has 84 valence electrons. The van der Waals surface area contributed by atoms with Crippen LogP contribution in [0.5, 0.6) is 0 Å². The predicted octanol–water partition coefficient (Wildman–Crippen LogP) is 2.54. The Morgan fingerprint density at radius 2 is 2.06 bits per heavy atom. The van der Waals surface area contributed by atoms with Gasteiger partial charge in [0.15, 0.2) is 0 Å². The molecule has 2 rings (SSSR count). The molecule has 0 bridgehead atoms. The fourth-order valence-electron chi connectivity index (χ4n) is 2.03. The van der Waals surface area contributed by atoms with Gasteiger partial charge in [0.05, 0.1) is 0 Å². The van der Waals surface area contributed by atoms with Crippen molar-refractivity contribution >= 4 is 6.09 Å². The third-order valence-corrected chi connectivity index (χ3v) is 2.88. The second-order valence-corrected chi connectivity index (χ2v) is 3.99. The van der Waals surface area contributed by atoms with Gasteiger partial charge in [0.2, 0.25) is 0 Å². The van der Waals surface area contributed by atoms with Gasteiger partial charge in [-0.3, -0.25) is 0 Å². The van der Waals surface area contributed by atoms with Crippen molar-refractivity contribution in [2.45, 2.75) is 18.9 Å². The monoisotopic (exact) mass is 217 g/mol. The third kappa shape index (κ3) is 2.42. The zero-order chi connectivity index (χ0) is 11.4. The van der Waals surface area contributed by atoms with Gasteiger partial charge in [-0.15, -0.1) is 0 Å². The van der Waals surface area contributed by atoms with Crippen LogP contribution in [0.2, 0.25) is 0 Å². The molecule has 1 amide bonds. The van der Waals surface area contributed by atoms with E-state index >= 15 is 0 Å². The number of hydrogen-bond acceptors (Lipinski definition) is 1. The standard InChI is InChI=1S/C13H15NO2/c15-13(16)14-9-5-4-8-12(14)10-11-6-2-1-3-7-11/h1-7,12H,8-10H2,(H,15,16). The van der Waals surface area contributed by atoms with Gasteiger partial charge in [-0.2, -0.15) is 0 Å². The maximum absolute atomic E-state index is 11.0. The van der Waals surface area contributed by atoms with Crippen LogP contribution in [-0.4, -0.2) is 28.7 Å². The third-order valence-electron chi connectivity index (χ3n) is 2.88. The van der Waals surface area contributed by atoms with Crippen LogP contribution in [0.25, 0.3) is 0 Å². The van der Waals surface area contributed by atoms with E-state index in [4.69, 9.17) is 5.11 Å². The minimum absolute atomic E-state index is 0.0740. The van der Waals surface area contributed by atoms with Crippen LogP contribution in [-0.2, 0) is 6.42 Å². The van der Waals surface area contributed by atoms with E-state index in [1.54, 1.807) is 0 Å². The van der Waals surface area contributed by atoms with Crippen molar-refractivity contribution in [1.82, 2.24) is 4.90 Å². The van der Waals surface area contributed by atoms with Gasteiger partial charge in [-0.1, -0.05) is 42.5 Å². The molecule has 1 heterocycles. The SMILES string of the molecule is O=C(O)N1CC=CCC1Cc1ccccc1. The zero-order valence-electron chi connectivity index (χ0n) is 9.04. The quantitative estimate of drug-likeness (QED) is 0.773. The number of rotatable bonds is 2. The zero-order valence-corrected chi connectivity index (χ0v) is 9.04. The van der Waals surface area contributed by atoms with Crippen molar-refractivity contribution in [2.24, 2.45) is 0 Å². The van der Waals surface area contributed by atoms with Crippen LogP contribution < -0.4 is 0 Å². The number of nitrogens with zero attached hydrogens (tertiary/aromatic N) is 1. The highest BCUT2D eigenvalue weighted by molar-refractivity contribution is 5.66. The second-order valence-electron chi connectivity index (χ2n) is 3.99. The van der Waals surface area contributed by atoms with E-state index in [-0.39, 0.29) is 6.04 Å². The molecule has 1 aromatic rings.